The van der Waals surface area contributed by atoms with E-state index in [1.807, 2.05) is 0 Å². The van der Waals surface area contributed by atoms with Crippen LogP contribution < -0.4 is 0 Å². The molecule has 0 saturated heterocycles. The van der Waals surface area contributed by atoms with Crippen LogP contribution in [0.5, 0.6) is 0 Å². The van der Waals surface area contributed by atoms with Crippen LogP contribution in [0.15, 0.2) is 85.1 Å². The molecule has 348 valence electrons. The molecular weight excluding hydrogens is 721 g/mol. The van der Waals surface area contributed by atoms with Crippen molar-refractivity contribution in [2.24, 2.45) is 16.2 Å². The second kappa shape index (κ2) is 42.5. The summed E-state index contributed by atoms with van der Waals surface area (Å²) >= 11 is 0. The zero-order chi connectivity index (χ0) is 44.1. The Morgan fingerprint density at radius 1 is 0.250 bits per heavy atom. The van der Waals surface area contributed by atoms with E-state index in [-0.39, 0.29) is 16.2 Å². The molecule has 0 radical (unpaired) electrons. The summed E-state index contributed by atoms with van der Waals surface area (Å²) in [5, 5.41) is 0. The summed E-state index contributed by atoms with van der Waals surface area (Å²) in [4.78, 5) is 0. The van der Waals surface area contributed by atoms with Crippen LogP contribution in [0.3, 0.4) is 0 Å². The third kappa shape index (κ3) is 26.0. The summed E-state index contributed by atoms with van der Waals surface area (Å²) in [5.74, 6) is 0. The van der Waals surface area contributed by atoms with Gasteiger partial charge < -0.3 is 0 Å². The number of hydrogen-bond donors (Lipinski definition) is 0. The number of allylic oxidation sites excluding steroid dienone is 14. The fourth-order valence-electron chi connectivity index (χ4n) is 9.13. The van der Waals surface area contributed by atoms with Crippen molar-refractivity contribution in [1.29, 1.82) is 0 Å². The van der Waals surface area contributed by atoms with Gasteiger partial charge in [0.15, 0.2) is 0 Å². The molecule has 0 heteroatoms. The third-order valence-corrected chi connectivity index (χ3v) is 13.0. The minimum Gasteiger partial charge on any atom is -0.0879 e. The highest BCUT2D eigenvalue weighted by Crippen LogP contribution is 2.61. The molecule has 3 atom stereocenters. The van der Waals surface area contributed by atoms with Crippen LogP contribution in [0.25, 0.3) is 0 Å². The topological polar surface area (TPSA) is 0 Å². The molecular formula is C60H108. The predicted molar refractivity (Wildman–Crippen MR) is 278 cm³/mol. The second-order valence-electron chi connectivity index (χ2n) is 18.6. The predicted octanol–water partition coefficient (Wildman–Crippen LogP) is 21.7. The maximum Gasteiger partial charge on any atom is 0.0379 e. The van der Waals surface area contributed by atoms with Crippen molar-refractivity contribution in [3.05, 3.63) is 85.1 Å². The summed E-state index contributed by atoms with van der Waals surface area (Å²) in [7, 11) is 0. The fraction of sp³-hybridized carbons (Fsp3) is 0.767. The molecule has 0 N–H and O–H groups in total. The zero-order valence-corrected chi connectivity index (χ0v) is 42.3. The maximum absolute atomic E-state index is 2.79. The van der Waals surface area contributed by atoms with E-state index in [0.717, 1.165) is 38.5 Å². The lowest BCUT2D eigenvalue weighted by atomic mass is 9.48. The molecule has 0 bridgehead atoms. The fourth-order valence-corrected chi connectivity index (χ4v) is 9.13. The summed E-state index contributed by atoms with van der Waals surface area (Å²) in [6.45, 7) is 18.8. The summed E-state index contributed by atoms with van der Waals surface area (Å²) in [6.07, 6.45) is 82.3. The van der Waals surface area contributed by atoms with E-state index in [1.54, 1.807) is 0 Å². The van der Waals surface area contributed by atoms with Crippen LogP contribution in [0.2, 0.25) is 0 Å². The van der Waals surface area contributed by atoms with Crippen molar-refractivity contribution in [2.45, 2.75) is 280 Å². The zero-order valence-electron chi connectivity index (χ0n) is 42.3. The Morgan fingerprint density at radius 2 is 0.567 bits per heavy atom. The Hall–Kier alpha value is -1.82. The molecule has 0 aliphatic carbocycles. The molecule has 0 saturated carbocycles. The highest BCUT2D eigenvalue weighted by molar-refractivity contribution is 5.43. The first-order valence-electron chi connectivity index (χ1n) is 27.2. The molecule has 0 fully saturated rings. The molecule has 3 unspecified atom stereocenters. The average molecular weight is 830 g/mol. The van der Waals surface area contributed by atoms with Crippen LogP contribution in [0, 0.1) is 16.2 Å². The van der Waals surface area contributed by atoms with Gasteiger partial charge in [0.05, 0.1) is 0 Å². The minimum absolute atomic E-state index is 0.171. The molecule has 0 aliphatic rings. The Kier molecular flexibility index (Phi) is 41.2. The van der Waals surface area contributed by atoms with Crippen LogP contribution in [0.4, 0.5) is 0 Å². The van der Waals surface area contributed by atoms with Crippen molar-refractivity contribution in [3.8, 4) is 0 Å². The molecule has 60 heavy (non-hydrogen) atoms. The molecule has 0 amide bonds. The van der Waals surface area contributed by atoms with E-state index in [0.29, 0.717) is 0 Å². The van der Waals surface area contributed by atoms with E-state index in [4.69, 9.17) is 0 Å². The minimum atomic E-state index is -0.301. The molecule has 0 rings (SSSR count). The molecule has 0 nitrogen and oxygen atoms in total. The summed E-state index contributed by atoms with van der Waals surface area (Å²) in [6, 6.07) is 0. The van der Waals surface area contributed by atoms with Crippen LogP contribution in [-0.4, -0.2) is 0 Å². The number of hydrogen-bond acceptors (Lipinski definition) is 0. The van der Waals surface area contributed by atoms with Crippen molar-refractivity contribution in [1.82, 2.24) is 0 Å². The van der Waals surface area contributed by atoms with Gasteiger partial charge in [-0.05, 0) is 77.0 Å². The molecule has 0 spiro atoms. The molecule has 0 aliphatic heterocycles. The van der Waals surface area contributed by atoms with Gasteiger partial charge in [-0.25, -0.2) is 0 Å². The quantitative estimate of drug-likeness (QED) is 0.0424. The van der Waals surface area contributed by atoms with Gasteiger partial charge in [-0.15, -0.1) is 0 Å². The smallest absolute Gasteiger partial charge is 0.0379 e. The Morgan fingerprint density at radius 3 is 1.00 bits per heavy atom. The van der Waals surface area contributed by atoms with Crippen molar-refractivity contribution in [3.63, 3.8) is 0 Å². The first-order valence-corrected chi connectivity index (χ1v) is 27.2. The maximum atomic E-state index is 2.79. The lowest BCUT2D eigenvalue weighted by Gasteiger charge is -2.54. The van der Waals surface area contributed by atoms with Crippen LogP contribution in [0.1, 0.15) is 280 Å². The summed E-state index contributed by atoms with van der Waals surface area (Å²) in [5.41, 5.74) is -0.769. The van der Waals surface area contributed by atoms with Crippen molar-refractivity contribution < 1.29 is 0 Å². The number of rotatable bonds is 44. The lowest BCUT2D eigenvalue weighted by Crippen LogP contribution is -2.48. The van der Waals surface area contributed by atoms with Gasteiger partial charge in [-0.3, -0.25) is 0 Å². The van der Waals surface area contributed by atoms with Gasteiger partial charge in [0.25, 0.3) is 0 Å². The largest absolute Gasteiger partial charge is 0.0879 e. The van der Waals surface area contributed by atoms with E-state index < -0.39 is 0 Å². The van der Waals surface area contributed by atoms with Gasteiger partial charge in [0.2, 0.25) is 0 Å². The van der Waals surface area contributed by atoms with Crippen LogP contribution >= 0.6 is 0 Å². The Labute approximate surface area is 379 Å². The van der Waals surface area contributed by atoms with E-state index >= 15 is 0 Å². The third-order valence-electron chi connectivity index (χ3n) is 13.0. The van der Waals surface area contributed by atoms with E-state index in [9.17, 15) is 0 Å². The Bertz CT molecular complexity index is 1110. The van der Waals surface area contributed by atoms with Crippen molar-refractivity contribution in [2.75, 3.05) is 0 Å². The average Bonchev–Trinajstić information content (AvgIpc) is 3.26. The van der Waals surface area contributed by atoms with Crippen LogP contribution in [-0.2, 0) is 0 Å². The molecule has 0 aromatic rings. The van der Waals surface area contributed by atoms with Gasteiger partial charge in [0, 0.05) is 16.2 Å². The summed E-state index contributed by atoms with van der Waals surface area (Å²) < 4.78 is 0. The molecule has 0 aromatic carbocycles. The normalized spacial score (nSPS) is 15.9. The first kappa shape index (κ1) is 58.2. The van der Waals surface area contributed by atoms with E-state index in [2.05, 4.69) is 140 Å². The van der Waals surface area contributed by atoms with Gasteiger partial charge in [-0.1, -0.05) is 288 Å². The monoisotopic (exact) mass is 829 g/mol. The van der Waals surface area contributed by atoms with E-state index in [1.165, 1.54) is 186 Å². The SMILES string of the molecule is CCC=CC(C=CCCC)(CCCCCCCC)C(C=CCCCC)(C=CCCCCC)C(C=CCCCCCC)(C=CCCCCCCC)C=CCCCCCCCC. The Balaban J connectivity index is 8.42. The lowest BCUT2D eigenvalue weighted by molar-refractivity contribution is 0.151. The highest BCUT2D eigenvalue weighted by Gasteiger charge is 2.54. The first-order chi connectivity index (χ1) is 29.5. The second-order valence-corrected chi connectivity index (χ2v) is 18.6. The standard InChI is InChI=1S/C60H108/c1-9-17-25-31-35-37-42-47-55-59(53-45-40-34-28-20-12-4,54-46-41-36-32-26-18-10-2)60(56-48-30-22-14-6,57-49-38-29-21-13-5)58(50-24-16-8,51-43-23-15-7)52-44-39-33-27-19-11-3/h24,43,45-51,53-57H,9-23,25-42,44,52H2,1-8H3. The van der Waals surface area contributed by atoms with Gasteiger partial charge in [-0.2, -0.15) is 0 Å². The van der Waals surface area contributed by atoms with Crippen molar-refractivity contribution >= 4 is 0 Å². The molecule has 0 aromatic heterocycles. The van der Waals surface area contributed by atoms with Gasteiger partial charge >= 0.3 is 0 Å². The van der Waals surface area contributed by atoms with Gasteiger partial charge in [0.1, 0.15) is 0 Å². The number of unbranched alkanes of at least 4 members (excludes halogenated alkanes) is 26. The highest BCUT2D eigenvalue weighted by atomic mass is 14.6. The molecule has 0 heterocycles.